The van der Waals surface area contributed by atoms with Crippen LogP contribution < -0.4 is 9.47 Å². The molecule has 0 radical (unpaired) electrons. The number of halogens is 1. The van der Waals surface area contributed by atoms with Crippen molar-refractivity contribution in [3.05, 3.63) is 113 Å². The van der Waals surface area contributed by atoms with E-state index in [9.17, 15) is 9.18 Å². The van der Waals surface area contributed by atoms with E-state index in [0.717, 1.165) is 11.3 Å². The van der Waals surface area contributed by atoms with Gasteiger partial charge in [-0.25, -0.2) is 9.07 Å². The molecule has 0 atom stereocenters. The van der Waals surface area contributed by atoms with Crippen LogP contribution in [-0.4, -0.2) is 22.2 Å². The van der Waals surface area contributed by atoms with Gasteiger partial charge in [-0.3, -0.25) is 4.79 Å². The molecule has 1 aliphatic rings. The van der Waals surface area contributed by atoms with Gasteiger partial charge in [0.05, 0.1) is 17.4 Å². The van der Waals surface area contributed by atoms with Crippen molar-refractivity contribution < 1.29 is 18.7 Å². The standard InChI is InChI=1S/C26H19FN2O3/c27-24-9-5-4-6-19(24)12-20-17-32-25-13-22(10-11-23(25)26(20)30)31-16-18-14-28-29(15-18)21-7-2-1-3-8-21/h1-15H,16-17H2/b20-12+. The molecule has 4 aromatic rings. The first-order valence-electron chi connectivity index (χ1n) is 10.2. The van der Waals surface area contributed by atoms with E-state index in [1.165, 1.54) is 12.1 Å². The van der Waals surface area contributed by atoms with Gasteiger partial charge in [0.15, 0.2) is 5.78 Å². The average Bonchev–Trinajstić information content (AvgIpc) is 3.31. The molecule has 158 valence electrons. The minimum Gasteiger partial charge on any atom is -0.489 e. The summed E-state index contributed by atoms with van der Waals surface area (Å²) in [4.78, 5) is 12.8. The third-order valence-corrected chi connectivity index (χ3v) is 5.17. The number of carbonyl (C=O) groups excluding carboxylic acids is 1. The van der Waals surface area contributed by atoms with Gasteiger partial charge in [0, 0.05) is 29.0 Å². The molecule has 0 unspecified atom stereocenters. The van der Waals surface area contributed by atoms with Gasteiger partial charge in [0.1, 0.15) is 30.5 Å². The van der Waals surface area contributed by atoms with Crippen LogP contribution in [0.25, 0.3) is 11.8 Å². The molecule has 2 heterocycles. The molecule has 32 heavy (non-hydrogen) atoms. The highest BCUT2D eigenvalue weighted by Crippen LogP contribution is 2.32. The number of Topliss-reactive ketones (excluding diaryl/α,β-unsaturated/α-hetero) is 1. The van der Waals surface area contributed by atoms with Gasteiger partial charge in [-0.05, 0) is 36.4 Å². The maximum atomic E-state index is 13.9. The second kappa shape index (κ2) is 8.51. The lowest BCUT2D eigenvalue weighted by molar-refractivity contribution is 0.100. The molecule has 0 amide bonds. The van der Waals surface area contributed by atoms with E-state index in [4.69, 9.17) is 9.47 Å². The molecule has 1 aromatic heterocycles. The zero-order valence-electron chi connectivity index (χ0n) is 17.1. The predicted octanol–water partition coefficient (Wildman–Crippen LogP) is 5.25. The minimum absolute atomic E-state index is 0.0769. The lowest BCUT2D eigenvalue weighted by Crippen LogP contribution is -2.19. The molecule has 0 N–H and O–H groups in total. The van der Waals surface area contributed by atoms with Gasteiger partial charge < -0.3 is 9.47 Å². The number of hydrogen-bond donors (Lipinski definition) is 0. The van der Waals surface area contributed by atoms with E-state index < -0.39 is 0 Å². The van der Waals surface area contributed by atoms with E-state index >= 15 is 0 Å². The first-order chi connectivity index (χ1) is 15.7. The van der Waals surface area contributed by atoms with E-state index in [0.29, 0.717) is 34.8 Å². The van der Waals surface area contributed by atoms with Gasteiger partial charge >= 0.3 is 0 Å². The summed E-state index contributed by atoms with van der Waals surface area (Å²) in [5, 5.41) is 4.36. The van der Waals surface area contributed by atoms with Crippen molar-refractivity contribution in [1.29, 1.82) is 0 Å². The molecule has 5 rings (SSSR count). The van der Waals surface area contributed by atoms with Crippen LogP contribution >= 0.6 is 0 Å². The number of carbonyl (C=O) groups is 1. The summed E-state index contributed by atoms with van der Waals surface area (Å²) < 4.78 is 27.3. The Bertz CT molecular complexity index is 1310. The van der Waals surface area contributed by atoms with Gasteiger partial charge in [-0.15, -0.1) is 0 Å². The first-order valence-corrected chi connectivity index (χ1v) is 10.2. The summed E-state index contributed by atoms with van der Waals surface area (Å²) >= 11 is 0. The highest BCUT2D eigenvalue weighted by atomic mass is 19.1. The van der Waals surface area contributed by atoms with Crippen molar-refractivity contribution in [2.75, 3.05) is 6.61 Å². The third kappa shape index (κ3) is 4.03. The van der Waals surface area contributed by atoms with Crippen LogP contribution in [0, 0.1) is 5.82 Å². The Kier molecular flexibility index (Phi) is 5.25. The summed E-state index contributed by atoms with van der Waals surface area (Å²) in [5.74, 6) is 0.492. The number of benzene rings is 3. The lowest BCUT2D eigenvalue weighted by Gasteiger charge is -2.19. The number of rotatable bonds is 5. The van der Waals surface area contributed by atoms with E-state index in [-0.39, 0.29) is 18.2 Å². The Morgan fingerprint density at radius 2 is 1.88 bits per heavy atom. The molecule has 0 spiro atoms. The van der Waals surface area contributed by atoms with Crippen LogP contribution in [0.5, 0.6) is 11.5 Å². The topological polar surface area (TPSA) is 53.4 Å². The van der Waals surface area contributed by atoms with Crippen LogP contribution in [0.15, 0.2) is 90.8 Å². The monoisotopic (exact) mass is 426 g/mol. The maximum Gasteiger partial charge on any atom is 0.196 e. The Morgan fingerprint density at radius 1 is 1.06 bits per heavy atom. The van der Waals surface area contributed by atoms with Crippen LogP contribution in [0.4, 0.5) is 4.39 Å². The number of ketones is 1. The molecule has 5 nitrogen and oxygen atoms in total. The van der Waals surface area contributed by atoms with Gasteiger partial charge in [-0.2, -0.15) is 5.10 Å². The second-order valence-electron chi connectivity index (χ2n) is 7.38. The number of ether oxygens (including phenoxy) is 2. The summed E-state index contributed by atoms with van der Waals surface area (Å²) in [7, 11) is 0. The van der Waals surface area contributed by atoms with Crippen LogP contribution in [0.3, 0.4) is 0 Å². The van der Waals surface area contributed by atoms with Crippen molar-refractivity contribution in [2.24, 2.45) is 0 Å². The number of fused-ring (bicyclic) bond motifs is 1. The van der Waals surface area contributed by atoms with Crippen molar-refractivity contribution in [3.63, 3.8) is 0 Å². The fourth-order valence-corrected chi connectivity index (χ4v) is 3.50. The van der Waals surface area contributed by atoms with E-state index in [1.54, 1.807) is 47.3 Å². The molecule has 0 saturated heterocycles. The highest BCUT2D eigenvalue weighted by Gasteiger charge is 2.24. The van der Waals surface area contributed by atoms with Crippen molar-refractivity contribution in [2.45, 2.75) is 6.61 Å². The Hall–Kier alpha value is -4.19. The Balaban J connectivity index is 1.29. The number of aromatic nitrogens is 2. The van der Waals surface area contributed by atoms with E-state index in [2.05, 4.69) is 5.10 Å². The molecular formula is C26H19FN2O3. The smallest absolute Gasteiger partial charge is 0.196 e. The van der Waals surface area contributed by atoms with Crippen LogP contribution in [-0.2, 0) is 6.61 Å². The lowest BCUT2D eigenvalue weighted by atomic mass is 9.98. The molecule has 0 aliphatic carbocycles. The zero-order chi connectivity index (χ0) is 21.9. The summed E-state index contributed by atoms with van der Waals surface area (Å²) in [5.41, 5.74) is 3.09. The summed E-state index contributed by atoms with van der Waals surface area (Å²) in [6.45, 7) is 0.408. The van der Waals surface area contributed by atoms with Crippen molar-refractivity contribution in [3.8, 4) is 17.2 Å². The molecule has 0 bridgehead atoms. The molecule has 3 aromatic carbocycles. The Labute approximate surface area is 184 Å². The first kappa shape index (κ1) is 19.8. The highest BCUT2D eigenvalue weighted by molar-refractivity contribution is 6.14. The summed E-state index contributed by atoms with van der Waals surface area (Å²) in [6, 6.07) is 21.3. The Morgan fingerprint density at radius 3 is 2.72 bits per heavy atom. The molecule has 0 fully saturated rings. The average molecular weight is 426 g/mol. The third-order valence-electron chi connectivity index (χ3n) is 5.17. The zero-order valence-corrected chi connectivity index (χ0v) is 17.1. The van der Waals surface area contributed by atoms with Crippen molar-refractivity contribution in [1.82, 2.24) is 9.78 Å². The molecule has 6 heteroatoms. The molecule has 0 saturated carbocycles. The normalized spacial score (nSPS) is 14.2. The van der Waals surface area contributed by atoms with Gasteiger partial charge in [0.2, 0.25) is 0 Å². The quantitative estimate of drug-likeness (QED) is 0.409. The predicted molar refractivity (Wildman–Crippen MR) is 119 cm³/mol. The van der Waals surface area contributed by atoms with Crippen LogP contribution in [0.1, 0.15) is 21.5 Å². The second-order valence-corrected chi connectivity index (χ2v) is 7.38. The van der Waals surface area contributed by atoms with Crippen molar-refractivity contribution >= 4 is 11.9 Å². The number of hydrogen-bond acceptors (Lipinski definition) is 4. The maximum absolute atomic E-state index is 13.9. The number of nitrogens with zero attached hydrogens (tertiary/aromatic N) is 2. The minimum atomic E-state index is -0.377. The number of para-hydroxylation sites is 1. The SMILES string of the molecule is O=C1/C(=C/c2ccccc2F)COc2cc(OCc3cnn(-c4ccccc4)c3)ccc21. The fraction of sp³-hybridized carbons (Fsp3) is 0.0769. The van der Waals surface area contributed by atoms with Gasteiger partial charge in [0.25, 0.3) is 0 Å². The largest absolute Gasteiger partial charge is 0.489 e. The fourth-order valence-electron chi connectivity index (χ4n) is 3.50. The van der Waals surface area contributed by atoms with Gasteiger partial charge in [-0.1, -0.05) is 36.4 Å². The molecular weight excluding hydrogens is 407 g/mol. The van der Waals surface area contributed by atoms with E-state index in [1.807, 2.05) is 36.5 Å². The summed E-state index contributed by atoms with van der Waals surface area (Å²) in [6.07, 6.45) is 5.20. The van der Waals surface area contributed by atoms with Crippen LogP contribution in [0.2, 0.25) is 0 Å². The molecule has 1 aliphatic heterocycles.